The van der Waals surface area contributed by atoms with Crippen LogP contribution in [0.4, 0.5) is 0 Å². The maximum absolute atomic E-state index is 12.7. The third-order valence-corrected chi connectivity index (χ3v) is 5.54. The fourth-order valence-corrected chi connectivity index (χ4v) is 4.28. The molecule has 0 aromatic carbocycles. The summed E-state index contributed by atoms with van der Waals surface area (Å²) in [5, 5.41) is 0. The Bertz CT molecular complexity index is 653. The molecule has 3 rings (SSSR count). The van der Waals surface area contributed by atoms with Crippen LogP contribution in [0.2, 0.25) is 0 Å². The summed E-state index contributed by atoms with van der Waals surface area (Å²) >= 11 is 0. The minimum atomic E-state index is 0.0105. The van der Waals surface area contributed by atoms with Gasteiger partial charge in [-0.2, -0.15) is 0 Å². The van der Waals surface area contributed by atoms with Crippen LogP contribution in [-0.2, 0) is 16.1 Å². The van der Waals surface area contributed by atoms with Crippen molar-refractivity contribution in [3.05, 3.63) is 30.1 Å². The maximum atomic E-state index is 12.7. The molecule has 1 aromatic heterocycles. The Labute approximate surface area is 156 Å². The molecule has 26 heavy (non-hydrogen) atoms. The zero-order chi connectivity index (χ0) is 18.8. The average molecular weight is 357 g/mol. The Hall–Kier alpha value is -1.91. The van der Waals surface area contributed by atoms with Crippen molar-refractivity contribution >= 4 is 11.8 Å². The topological polar surface area (TPSA) is 53.5 Å². The first-order valence-electron chi connectivity index (χ1n) is 9.71. The lowest BCUT2D eigenvalue weighted by Gasteiger charge is -2.48. The van der Waals surface area contributed by atoms with E-state index in [2.05, 4.69) is 25.8 Å². The number of carbonyl (C=O) groups is 2. The third-order valence-electron chi connectivity index (χ3n) is 5.54. The second-order valence-electron chi connectivity index (χ2n) is 9.27. The number of hydrogen-bond donors (Lipinski definition) is 0. The van der Waals surface area contributed by atoms with Gasteiger partial charge >= 0.3 is 0 Å². The Balaban J connectivity index is 1.68. The Kier molecular flexibility index (Phi) is 5.35. The van der Waals surface area contributed by atoms with Crippen LogP contribution in [0.1, 0.15) is 58.4 Å². The first kappa shape index (κ1) is 18.9. The van der Waals surface area contributed by atoms with Gasteiger partial charge in [0, 0.05) is 56.8 Å². The summed E-state index contributed by atoms with van der Waals surface area (Å²) < 4.78 is 0. The van der Waals surface area contributed by atoms with Gasteiger partial charge in [-0.25, -0.2) is 0 Å². The molecule has 5 heteroatoms. The van der Waals surface area contributed by atoms with Crippen molar-refractivity contribution in [1.82, 2.24) is 14.8 Å². The summed E-state index contributed by atoms with van der Waals surface area (Å²) in [7, 11) is 0. The number of pyridine rings is 1. The van der Waals surface area contributed by atoms with Crippen molar-refractivity contribution in [2.45, 2.75) is 59.4 Å². The number of likely N-dealkylation sites (tertiary alicyclic amines) is 2. The van der Waals surface area contributed by atoms with E-state index in [1.54, 1.807) is 6.20 Å². The minimum Gasteiger partial charge on any atom is -0.342 e. The minimum absolute atomic E-state index is 0.0105. The quantitative estimate of drug-likeness (QED) is 0.834. The largest absolute Gasteiger partial charge is 0.342 e. The molecule has 3 heterocycles. The lowest BCUT2D eigenvalue weighted by atomic mass is 9.73. The molecule has 5 nitrogen and oxygen atoms in total. The summed E-state index contributed by atoms with van der Waals surface area (Å²) in [4.78, 5) is 33.3. The van der Waals surface area contributed by atoms with Crippen LogP contribution >= 0.6 is 0 Å². The second kappa shape index (κ2) is 7.37. The zero-order valence-corrected chi connectivity index (χ0v) is 16.3. The van der Waals surface area contributed by atoms with Crippen molar-refractivity contribution in [3.63, 3.8) is 0 Å². The predicted octanol–water partition coefficient (Wildman–Crippen LogP) is 3.25. The molecular weight excluding hydrogens is 326 g/mol. The lowest BCUT2D eigenvalue weighted by molar-refractivity contribution is -0.144. The van der Waals surface area contributed by atoms with E-state index >= 15 is 0 Å². The zero-order valence-electron chi connectivity index (χ0n) is 16.3. The van der Waals surface area contributed by atoms with E-state index in [1.807, 2.05) is 28.1 Å². The van der Waals surface area contributed by atoms with Gasteiger partial charge in [-0.15, -0.1) is 0 Å². The number of carbonyl (C=O) groups excluding carboxylic acids is 2. The van der Waals surface area contributed by atoms with Gasteiger partial charge in [0.05, 0.1) is 0 Å². The smallest absolute Gasteiger partial charge is 0.223 e. The van der Waals surface area contributed by atoms with Crippen LogP contribution in [0.15, 0.2) is 24.5 Å². The molecule has 0 N–H and O–H groups in total. The highest BCUT2D eigenvalue weighted by Gasteiger charge is 2.42. The molecule has 2 aliphatic heterocycles. The van der Waals surface area contributed by atoms with Gasteiger partial charge in [-0.05, 0) is 36.3 Å². The number of piperidine rings is 2. The summed E-state index contributed by atoms with van der Waals surface area (Å²) in [6.45, 7) is 9.34. The van der Waals surface area contributed by atoms with E-state index in [-0.39, 0.29) is 22.6 Å². The summed E-state index contributed by atoms with van der Waals surface area (Å²) in [6, 6.07) is 3.93. The molecule has 0 aliphatic carbocycles. The highest BCUT2D eigenvalue weighted by atomic mass is 16.2. The first-order chi connectivity index (χ1) is 12.3. The van der Waals surface area contributed by atoms with Crippen LogP contribution in [0.3, 0.4) is 0 Å². The molecule has 142 valence electrons. The standard InChI is InChI=1S/C21H31N3O2/c1-20(2,3)12-19(26)23-11-5-8-21(15-23)9-7-18(25)24(16-21)14-17-6-4-10-22-13-17/h4,6,10,13H,5,7-9,11-12,14-16H2,1-3H3/t21-/m1/s1. The molecule has 1 atom stereocenters. The first-order valence-corrected chi connectivity index (χ1v) is 9.71. The Morgan fingerprint density at radius 1 is 1.27 bits per heavy atom. The highest BCUT2D eigenvalue weighted by molar-refractivity contribution is 5.78. The number of rotatable bonds is 3. The van der Waals surface area contributed by atoms with Gasteiger partial charge < -0.3 is 9.80 Å². The van der Waals surface area contributed by atoms with Crippen molar-refractivity contribution in [2.24, 2.45) is 10.8 Å². The monoisotopic (exact) mass is 357 g/mol. The van der Waals surface area contributed by atoms with Gasteiger partial charge in [-0.3, -0.25) is 14.6 Å². The summed E-state index contributed by atoms with van der Waals surface area (Å²) in [6.07, 6.45) is 7.78. The molecule has 2 saturated heterocycles. The maximum Gasteiger partial charge on any atom is 0.223 e. The molecule has 0 radical (unpaired) electrons. The van der Waals surface area contributed by atoms with Gasteiger partial charge in [0.15, 0.2) is 0 Å². The van der Waals surface area contributed by atoms with Gasteiger partial charge in [-0.1, -0.05) is 26.8 Å². The number of nitrogens with zero attached hydrogens (tertiary/aromatic N) is 3. The Morgan fingerprint density at radius 2 is 2.08 bits per heavy atom. The average Bonchev–Trinajstić information content (AvgIpc) is 2.58. The second-order valence-corrected chi connectivity index (χ2v) is 9.27. The van der Waals surface area contributed by atoms with Crippen molar-refractivity contribution in [1.29, 1.82) is 0 Å². The van der Waals surface area contributed by atoms with E-state index in [4.69, 9.17) is 0 Å². The molecule has 1 spiro atoms. The van der Waals surface area contributed by atoms with Gasteiger partial charge in [0.2, 0.25) is 11.8 Å². The van der Waals surface area contributed by atoms with Gasteiger partial charge in [0.25, 0.3) is 0 Å². The van der Waals surface area contributed by atoms with E-state index in [9.17, 15) is 9.59 Å². The van der Waals surface area contributed by atoms with Crippen LogP contribution in [0, 0.1) is 10.8 Å². The number of amides is 2. The van der Waals surface area contributed by atoms with E-state index in [0.717, 1.165) is 44.5 Å². The van der Waals surface area contributed by atoms with Crippen LogP contribution in [0.5, 0.6) is 0 Å². The van der Waals surface area contributed by atoms with Crippen molar-refractivity contribution in [3.8, 4) is 0 Å². The van der Waals surface area contributed by atoms with Crippen LogP contribution in [-0.4, -0.2) is 46.2 Å². The summed E-state index contributed by atoms with van der Waals surface area (Å²) in [5.41, 5.74) is 1.13. The van der Waals surface area contributed by atoms with E-state index in [1.165, 1.54) is 0 Å². The Morgan fingerprint density at radius 3 is 2.77 bits per heavy atom. The third kappa shape index (κ3) is 4.63. The predicted molar refractivity (Wildman–Crippen MR) is 101 cm³/mol. The SMILES string of the molecule is CC(C)(C)CC(=O)N1CCC[C@@]2(CCC(=O)N(Cc3cccnc3)C2)C1. The van der Waals surface area contributed by atoms with Crippen molar-refractivity contribution < 1.29 is 9.59 Å². The fourth-order valence-electron chi connectivity index (χ4n) is 4.28. The molecule has 0 saturated carbocycles. The van der Waals surface area contributed by atoms with Crippen molar-refractivity contribution in [2.75, 3.05) is 19.6 Å². The molecular formula is C21H31N3O2. The number of aromatic nitrogens is 1. The molecule has 2 amide bonds. The molecule has 2 aliphatic rings. The molecule has 1 aromatic rings. The normalized spacial score (nSPS) is 24.2. The molecule has 0 unspecified atom stereocenters. The summed E-state index contributed by atoms with van der Waals surface area (Å²) in [5.74, 6) is 0.477. The van der Waals surface area contributed by atoms with Gasteiger partial charge in [0.1, 0.15) is 0 Å². The number of hydrogen-bond acceptors (Lipinski definition) is 3. The lowest BCUT2D eigenvalue weighted by Crippen LogP contribution is -2.55. The van der Waals surface area contributed by atoms with E-state index < -0.39 is 0 Å². The fraction of sp³-hybridized carbons (Fsp3) is 0.667. The molecule has 2 fully saturated rings. The van der Waals surface area contributed by atoms with E-state index in [0.29, 0.717) is 19.4 Å². The van der Waals surface area contributed by atoms with Crippen LogP contribution < -0.4 is 0 Å². The molecule has 0 bridgehead atoms. The van der Waals surface area contributed by atoms with Crippen LogP contribution in [0.25, 0.3) is 0 Å². The highest BCUT2D eigenvalue weighted by Crippen LogP contribution is 2.39.